The van der Waals surface area contributed by atoms with Gasteiger partial charge in [-0.15, -0.1) is 0 Å². The fraction of sp³-hybridized carbons (Fsp3) is 0.667. The van der Waals surface area contributed by atoms with Gasteiger partial charge in [0.2, 0.25) is 5.91 Å². The van der Waals surface area contributed by atoms with Crippen molar-refractivity contribution >= 4 is 11.8 Å². The summed E-state index contributed by atoms with van der Waals surface area (Å²) in [4.78, 5) is 36.0. The van der Waals surface area contributed by atoms with Crippen molar-refractivity contribution in [2.45, 2.75) is 44.6 Å². The van der Waals surface area contributed by atoms with Crippen LogP contribution in [0.15, 0.2) is 24.5 Å². The Hall–Kier alpha value is -1.95. The zero-order chi connectivity index (χ0) is 18.6. The summed E-state index contributed by atoms with van der Waals surface area (Å²) in [5, 5.41) is 0. The van der Waals surface area contributed by atoms with Gasteiger partial charge in [-0.05, 0) is 57.2 Å². The molecular weight excluding hydrogens is 340 g/mol. The highest BCUT2D eigenvalue weighted by Crippen LogP contribution is 2.26. The van der Waals surface area contributed by atoms with E-state index in [-0.39, 0.29) is 11.8 Å². The van der Waals surface area contributed by atoms with Crippen LogP contribution in [0.5, 0.6) is 0 Å². The topological polar surface area (TPSA) is 56.8 Å². The monoisotopic (exact) mass is 370 g/mol. The number of piperidine rings is 2. The lowest BCUT2D eigenvalue weighted by Gasteiger charge is -2.42. The quantitative estimate of drug-likeness (QED) is 0.817. The van der Waals surface area contributed by atoms with Crippen LogP contribution in [0.4, 0.5) is 0 Å². The first-order valence-corrected chi connectivity index (χ1v) is 10.4. The maximum atomic E-state index is 12.8. The molecule has 2 amide bonds. The van der Waals surface area contributed by atoms with Crippen LogP contribution in [0.25, 0.3) is 0 Å². The van der Waals surface area contributed by atoms with Crippen molar-refractivity contribution in [3.05, 3.63) is 30.1 Å². The number of hydrogen-bond donors (Lipinski definition) is 0. The first-order chi connectivity index (χ1) is 13.2. The van der Waals surface area contributed by atoms with Crippen molar-refractivity contribution in [3.63, 3.8) is 0 Å². The van der Waals surface area contributed by atoms with Crippen LogP contribution in [0.2, 0.25) is 0 Å². The summed E-state index contributed by atoms with van der Waals surface area (Å²) in [6.07, 6.45) is 9.79. The molecule has 0 bridgehead atoms. The molecule has 0 N–H and O–H groups in total. The minimum atomic E-state index is 0.0854. The van der Waals surface area contributed by atoms with Gasteiger partial charge in [-0.1, -0.05) is 0 Å². The molecule has 0 radical (unpaired) electrons. The molecule has 6 heteroatoms. The van der Waals surface area contributed by atoms with E-state index in [2.05, 4.69) is 14.8 Å². The van der Waals surface area contributed by atoms with Gasteiger partial charge in [0.05, 0.1) is 11.5 Å². The van der Waals surface area contributed by atoms with Gasteiger partial charge in [-0.2, -0.15) is 0 Å². The molecule has 6 nitrogen and oxygen atoms in total. The number of carbonyl (C=O) groups is 2. The SMILES string of the molecule is O=C(c1cccnc1)N1CCC(N2CCCC(C(=O)N3CCCC3)C2)CC1. The molecule has 3 fully saturated rings. The van der Waals surface area contributed by atoms with Crippen molar-refractivity contribution in [2.24, 2.45) is 5.92 Å². The predicted octanol–water partition coefficient (Wildman–Crippen LogP) is 2.02. The molecule has 0 aromatic carbocycles. The highest BCUT2D eigenvalue weighted by molar-refractivity contribution is 5.93. The Balaban J connectivity index is 1.30. The average Bonchev–Trinajstić information content (AvgIpc) is 3.28. The molecule has 4 heterocycles. The number of likely N-dealkylation sites (tertiary alicyclic amines) is 3. The van der Waals surface area contributed by atoms with E-state index in [1.165, 1.54) is 0 Å². The lowest BCUT2D eigenvalue weighted by molar-refractivity contribution is -0.136. The second kappa shape index (κ2) is 8.38. The number of hydrogen-bond acceptors (Lipinski definition) is 4. The summed E-state index contributed by atoms with van der Waals surface area (Å²) in [6.45, 7) is 5.47. The van der Waals surface area contributed by atoms with Gasteiger partial charge >= 0.3 is 0 Å². The van der Waals surface area contributed by atoms with E-state index >= 15 is 0 Å². The second-order valence-corrected chi connectivity index (χ2v) is 8.13. The van der Waals surface area contributed by atoms with Crippen molar-refractivity contribution < 1.29 is 9.59 Å². The summed E-state index contributed by atoms with van der Waals surface area (Å²) in [7, 11) is 0. The molecule has 3 saturated heterocycles. The van der Waals surface area contributed by atoms with Gasteiger partial charge in [0, 0.05) is 51.2 Å². The fourth-order valence-corrected chi connectivity index (χ4v) is 4.84. The molecule has 0 spiro atoms. The van der Waals surface area contributed by atoms with Crippen molar-refractivity contribution in [1.29, 1.82) is 0 Å². The van der Waals surface area contributed by atoms with E-state index < -0.39 is 0 Å². The molecular formula is C21H30N4O2. The minimum Gasteiger partial charge on any atom is -0.342 e. The maximum Gasteiger partial charge on any atom is 0.255 e. The van der Waals surface area contributed by atoms with E-state index in [9.17, 15) is 9.59 Å². The highest BCUT2D eigenvalue weighted by atomic mass is 16.2. The van der Waals surface area contributed by atoms with Crippen molar-refractivity contribution in [1.82, 2.24) is 19.7 Å². The van der Waals surface area contributed by atoms with Crippen LogP contribution in [0.1, 0.15) is 48.9 Å². The molecule has 1 atom stereocenters. The van der Waals surface area contributed by atoms with E-state index in [4.69, 9.17) is 0 Å². The van der Waals surface area contributed by atoms with Crippen LogP contribution in [-0.4, -0.2) is 76.8 Å². The summed E-state index contributed by atoms with van der Waals surface area (Å²) >= 11 is 0. The molecule has 3 aliphatic heterocycles. The first kappa shape index (κ1) is 18.4. The van der Waals surface area contributed by atoms with Crippen molar-refractivity contribution in [2.75, 3.05) is 39.3 Å². The summed E-state index contributed by atoms with van der Waals surface area (Å²) < 4.78 is 0. The number of amides is 2. The zero-order valence-electron chi connectivity index (χ0n) is 16.1. The van der Waals surface area contributed by atoms with Gasteiger partial charge in [-0.25, -0.2) is 0 Å². The van der Waals surface area contributed by atoms with Crippen molar-refractivity contribution in [3.8, 4) is 0 Å². The van der Waals surface area contributed by atoms with Gasteiger partial charge in [0.1, 0.15) is 0 Å². The van der Waals surface area contributed by atoms with Gasteiger partial charge < -0.3 is 9.80 Å². The number of nitrogens with zero attached hydrogens (tertiary/aromatic N) is 4. The van der Waals surface area contributed by atoms with Crippen LogP contribution in [0, 0.1) is 5.92 Å². The third kappa shape index (κ3) is 4.15. The van der Waals surface area contributed by atoms with Gasteiger partial charge in [-0.3, -0.25) is 19.5 Å². The smallest absolute Gasteiger partial charge is 0.255 e. The number of rotatable bonds is 3. The number of carbonyl (C=O) groups excluding carboxylic acids is 2. The van der Waals surface area contributed by atoms with Gasteiger partial charge in [0.25, 0.3) is 5.91 Å². The normalized spacial score (nSPS) is 25.0. The largest absolute Gasteiger partial charge is 0.342 e. The molecule has 3 aliphatic rings. The number of aromatic nitrogens is 1. The Morgan fingerprint density at radius 2 is 1.70 bits per heavy atom. The fourth-order valence-electron chi connectivity index (χ4n) is 4.84. The molecule has 0 saturated carbocycles. The first-order valence-electron chi connectivity index (χ1n) is 10.4. The van der Waals surface area contributed by atoms with Crippen LogP contribution in [0.3, 0.4) is 0 Å². The zero-order valence-corrected chi connectivity index (χ0v) is 16.1. The standard InChI is InChI=1S/C21H30N4O2/c26-20(17-5-3-9-22-15-17)24-13-7-19(8-14-24)25-12-4-6-18(16-25)21(27)23-10-1-2-11-23/h3,5,9,15,18-19H,1-2,4,6-8,10-14,16H2. The molecule has 1 aromatic rings. The van der Waals surface area contributed by atoms with Gasteiger partial charge in [0.15, 0.2) is 0 Å². The van der Waals surface area contributed by atoms with Crippen LogP contribution >= 0.6 is 0 Å². The Bertz CT molecular complexity index is 651. The molecule has 0 aliphatic carbocycles. The molecule has 4 rings (SSSR count). The lowest BCUT2D eigenvalue weighted by atomic mass is 9.92. The number of pyridine rings is 1. The summed E-state index contributed by atoms with van der Waals surface area (Å²) in [5.74, 6) is 0.635. The van der Waals surface area contributed by atoms with E-state index in [0.717, 1.165) is 77.8 Å². The lowest BCUT2D eigenvalue weighted by Crippen LogP contribution is -2.51. The van der Waals surface area contributed by atoms with Crippen LogP contribution in [-0.2, 0) is 4.79 Å². The average molecular weight is 370 g/mol. The Kier molecular flexibility index (Phi) is 5.72. The Labute approximate surface area is 161 Å². The Morgan fingerprint density at radius 3 is 2.41 bits per heavy atom. The van der Waals surface area contributed by atoms with E-state index in [0.29, 0.717) is 17.5 Å². The third-order valence-corrected chi connectivity index (χ3v) is 6.40. The molecule has 27 heavy (non-hydrogen) atoms. The maximum absolute atomic E-state index is 12.8. The minimum absolute atomic E-state index is 0.0854. The molecule has 146 valence electrons. The molecule has 1 unspecified atom stereocenters. The van der Waals surface area contributed by atoms with Crippen LogP contribution < -0.4 is 0 Å². The summed E-state index contributed by atoms with van der Waals surface area (Å²) in [6, 6.07) is 4.14. The third-order valence-electron chi connectivity index (χ3n) is 6.40. The van der Waals surface area contributed by atoms with E-state index in [1.54, 1.807) is 12.4 Å². The Morgan fingerprint density at radius 1 is 0.926 bits per heavy atom. The molecule has 1 aromatic heterocycles. The predicted molar refractivity (Wildman–Crippen MR) is 103 cm³/mol. The van der Waals surface area contributed by atoms with E-state index in [1.807, 2.05) is 17.0 Å². The second-order valence-electron chi connectivity index (χ2n) is 8.13. The highest BCUT2D eigenvalue weighted by Gasteiger charge is 2.34. The summed E-state index contributed by atoms with van der Waals surface area (Å²) in [5.41, 5.74) is 0.671.